The van der Waals surface area contributed by atoms with Gasteiger partial charge in [-0.2, -0.15) is 5.26 Å². The summed E-state index contributed by atoms with van der Waals surface area (Å²) in [6, 6.07) is 9.71. The number of nitriles is 1. The van der Waals surface area contributed by atoms with Crippen LogP contribution < -0.4 is 15.5 Å². The van der Waals surface area contributed by atoms with Crippen LogP contribution in [0.4, 0.5) is 5.69 Å². The van der Waals surface area contributed by atoms with E-state index in [2.05, 4.69) is 77.2 Å². The summed E-state index contributed by atoms with van der Waals surface area (Å²) in [5, 5.41) is 17.4. The predicted molar refractivity (Wildman–Crippen MR) is 165 cm³/mol. The number of aryl methyl sites for hydroxylation is 1. The Morgan fingerprint density at radius 3 is 2.83 bits per heavy atom. The lowest BCUT2D eigenvalue weighted by atomic mass is 9.62. The van der Waals surface area contributed by atoms with Gasteiger partial charge in [-0.25, -0.2) is 0 Å². The Kier molecular flexibility index (Phi) is 8.63. The summed E-state index contributed by atoms with van der Waals surface area (Å²) < 4.78 is 6.60. The minimum absolute atomic E-state index is 0.0791. The molecule has 5 aliphatic rings. The zero-order valence-electron chi connectivity index (χ0n) is 25.7. The molecule has 0 aromatic heterocycles. The van der Waals surface area contributed by atoms with E-state index in [-0.39, 0.29) is 29.9 Å². The molecule has 2 N–H and O–H groups in total. The van der Waals surface area contributed by atoms with Crippen LogP contribution in [0, 0.1) is 29.6 Å². The molecule has 42 heavy (non-hydrogen) atoms. The summed E-state index contributed by atoms with van der Waals surface area (Å²) in [5.41, 5.74) is 4.53. The van der Waals surface area contributed by atoms with Crippen molar-refractivity contribution in [1.29, 1.82) is 5.26 Å². The molecule has 6 unspecified atom stereocenters. The van der Waals surface area contributed by atoms with E-state index in [1.807, 2.05) is 4.90 Å². The number of ether oxygens (including phenoxy) is 1. The third kappa shape index (κ3) is 5.72. The van der Waals surface area contributed by atoms with E-state index in [1.54, 1.807) is 0 Å². The highest BCUT2D eigenvalue weighted by molar-refractivity contribution is 5.87. The molecule has 4 heterocycles. The topological polar surface area (TPSA) is 87.1 Å². The lowest BCUT2D eigenvalue weighted by Crippen LogP contribution is -2.73. The number of fused-ring (bicyclic) bond motifs is 2. The van der Waals surface area contributed by atoms with Gasteiger partial charge in [0.15, 0.2) is 6.35 Å². The number of amides is 1. The number of carbonyl (C=O) groups excluding carboxylic acids is 1. The van der Waals surface area contributed by atoms with Gasteiger partial charge in [-0.3, -0.25) is 20.3 Å². The summed E-state index contributed by atoms with van der Waals surface area (Å²) in [5.74, 6) is 0.349. The largest absolute Gasteiger partial charge is 0.374 e. The van der Waals surface area contributed by atoms with E-state index in [4.69, 9.17) is 4.74 Å². The molecule has 1 aromatic rings. The lowest BCUT2D eigenvalue weighted by molar-refractivity contribution is -0.137. The van der Waals surface area contributed by atoms with Crippen molar-refractivity contribution in [2.24, 2.45) is 11.3 Å². The molecular formula is C33H49N7O2. The number of anilines is 1. The molecule has 1 spiro atoms. The fourth-order valence-electron chi connectivity index (χ4n) is 8.76. The molecule has 228 valence electrons. The number of benzene rings is 1. The van der Waals surface area contributed by atoms with E-state index in [0.717, 1.165) is 38.9 Å². The third-order valence-corrected chi connectivity index (χ3v) is 11.0. The zero-order chi connectivity index (χ0) is 29.4. The summed E-state index contributed by atoms with van der Waals surface area (Å²) >= 11 is 0. The summed E-state index contributed by atoms with van der Waals surface area (Å²) in [6.07, 6.45) is 8.62. The highest BCUT2D eigenvalue weighted by Gasteiger charge is 2.51. The Balaban J connectivity index is 1.23. The average Bonchev–Trinajstić information content (AvgIpc) is 3.40. The van der Waals surface area contributed by atoms with Gasteiger partial charge < -0.3 is 19.4 Å². The Bertz CT molecular complexity index is 1200. The van der Waals surface area contributed by atoms with Crippen molar-refractivity contribution in [2.45, 2.75) is 82.5 Å². The van der Waals surface area contributed by atoms with E-state index >= 15 is 0 Å². The van der Waals surface area contributed by atoms with Gasteiger partial charge in [0.25, 0.3) is 0 Å². The van der Waals surface area contributed by atoms with Gasteiger partial charge in [0, 0.05) is 56.9 Å². The standard InChI is InChI=1S/C33H49N7O2/c1-5-30(41)40-17-16-39(20-24(40)12-14-34)31-26-11-13-33(18-27-23(2)8-6-10-29(27)38(4)22-33)19-28(26)35-32(36-31)42-21-25-9-7-15-37(25)3/h5-6,8,10,24-26,28,31-32,35-36H,1,7,9,11-13,15-22H2,2-4H3/t24?,25?,26?,28?,31?,32?,33-/m1/s1. The van der Waals surface area contributed by atoms with Gasteiger partial charge in [-0.1, -0.05) is 18.7 Å². The van der Waals surface area contributed by atoms with Gasteiger partial charge in [0.1, 0.15) is 0 Å². The molecule has 7 atom stereocenters. The zero-order valence-corrected chi connectivity index (χ0v) is 25.7. The van der Waals surface area contributed by atoms with Gasteiger partial charge in [0.2, 0.25) is 5.91 Å². The SMILES string of the molecule is C=CC(=O)N1CCN(C2NC(OCC3CCCN3C)NC3C[C@@]4(CCC32)Cc2c(C)cccc2N(C)C4)CC1CC#N. The highest BCUT2D eigenvalue weighted by atomic mass is 16.5. The molecular weight excluding hydrogens is 526 g/mol. The van der Waals surface area contributed by atoms with Crippen molar-refractivity contribution in [1.82, 2.24) is 25.3 Å². The van der Waals surface area contributed by atoms with Gasteiger partial charge in [0.05, 0.1) is 31.3 Å². The van der Waals surface area contributed by atoms with E-state index in [9.17, 15) is 10.1 Å². The molecule has 4 aliphatic heterocycles. The normalized spacial score (nSPS) is 35.5. The number of hydrogen-bond donors (Lipinski definition) is 2. The molecule has 1 aliphatic carbocycles. The van der Waals surface area contributed by atoms with E-state index in [1.165, 1.54) is 42.2 Å². The minimum Gasteiger partial charge on any atom is -0.374 e. The fourth-order valence-corrected chi connectivity index (χ4v) is 8.76. The first-order valence-electron chi connectivity index (χ1n) is 16.0. The maximum atomic E-state index is 12.6. The Morgan fingerprint density at radius 1 is 1.21 bits per heavy atom. The van der Waals surface area contributed by atoms with Crippen molar-refractivity contribution in [3.63, 3.8) is 0 Å². The number of rotatable bonds is 6. The molecule has 1 amide bonds. The molecule has 3 saturated heterocycles. The third-order valence-electron chi connectivity index (χ3n) is 11.0. The molecule has 6 rings (SSSR count). The monoisotopic (exact) mass is 575 g/mol. The van der Waals surface area contributed by atoms with Gasteiger partial charge in [-0.15, -0.1) is 0 Å². The number of likely N-dealkylation sites (tertiary alicyclic amines) is 1. The predicted octanol–water partition coefficient (Wildman–Crippen LogP) is 2.67. The van der Waals surface area contributed by atoms with Crippen LogP contribution in [-0.2, 0) is 16.0 Å². The molecule has 4 fully saturated rings. The second-order valence-electron chi connectivity index (χ2n) is 13.6. The smallest absolute Gasteiger partial charge is 0.246 e. The maximum absolute atomic E-state index is 12.6. The van der Waals surface area contributed by atoms with Gasteiger partial charge >= 0.3 is 0 Å². The van der Waals surface area contributed by atoms with E-state index in [0.29, 0.717) is 44.1 Å². The first-order valence-corrected chi connectivity index (χ1v) is 16.0. The lowest BCUT2D eigenvalue weighted by Gasteiger charge is -2.57. The van der Waals surface area contributed by atoms with Crippen LogP contribution in [0.15, 0.2) is 30.9 Å². The number of nitrogens with zero attached hydrogens (tertiary/aromatic N) is 5. The van der Waals surface area contributed by atoms with Crippen LogP contribution in [0.1, 0.15) is 49.7 Å². The first-order chi connectivity index (χ1) is 20.3. The van der Waals surface area contributed by atoms with E-state index < -0.39 is 0 Å². The molecule has 9 heteroatoms. The Hall–Kier alpha value is -2.48. The molecule has 1 aromatic carbocycles. The van der Waals surface area contributed by atoms with Gasteiger partial charge in [-0.05, 0) is 87.7 Å². The summed E-state index contributed by atoms with van der Waals surface area (Å²) in [7, 11) is 4.46. The fraction of sp³-hybridized carbons (Fsp3) is 0.697. The van der Waals surface area contributed by atoms with Crippen LogP contribution in [0.3, 0.4) is 0 Å². The van der Waals surface area contributed by atoms with Crippen molar-refractivity contribution in [2.75, 3.05) is 58.3 Å². The summed E-state index contributed by atoms with van der Waals surface area (Å²) in [4.78, 5) is 21.8. The maximum Gasteiger partial charge on any atom is 0.246 e. The summed E-state index contributed by atoms with van der Waals surface area (Å²) in [6.45, 7) is 11.0. The first kappa shape index (κ1) is 29.6. The molecule has 1 saturated carbocycles. The van der Waals surface area contributed by atoms with Crippen LogP contribution in [0.5, 0.6) is 0 Å². The number of hydrogen-bond acceptors (Lipinski definition) is 8. The quantitative estimate of drug-likeness (QED) is 0.501. The van der Waals surface area contributed by atoms with Crippen LogP contribution in [0.25, 0.3) is 0 Å². The van der Waals surface area contributed by atoms with Crippen molar-refractivity contribution >= 4 is 11.6 Å². The van der Waals surface area contributed by atoms with Crippen LogP contribution in [0.2, 0.25) is 0 Å². The molecule has 9 nitrogen and oxygen atoms in total. The van der Waals surface area contributed by atoms with Crippen molar-refractivity contribution < 1.29 is 9.53 Å². The average molecular weight is 576 g/mol. The number of carbonyl (C=O) groups is 1. The van der Waals surface area contributed by atoms with Crippen LogP contribution in [-0.4, -0.2) is 105 Å². The molecule has 0 radical (unpaired) electrons. The Morgan fingerprint density at radius 2 is 2.07 bits per heavy atom. The minimum atomic E-state index is -0.224. The van der Waals surface area contributed by atoms with Crippen LogP contribution >= 0.6 is 0 Å². The Labute approximate surface area is 251 Å². The highest BCUT2D eigenvalue weighted by Crippen LogP contribution is 2.49. The molecule has 0 bridgehead atoms. The second-order valence-corrected chi connectivity index (χ2v) is 13.6. The number of likely N-dealkylation sites (N-methyl/N-ethyl adjacent to an activating group) is 1. The second kappa shape index (κ2) is 12.3. The number of piperazine rings is 1. The van der Waals surface area contributed by atoms with Crippen molar-refractivity contribution in [3.8, 4) is 6.07 Å². The van der Waals surface area contributed by atoms with Crippen molar-refractivity contribution in [3.05, 3.63) is 42.0 Å². The number of nitrogens with one attached hydrogen (secondary N) is 2.